The Kier molecular flexibility index (Phi) is 7.25. The third-order valence-corrected chi connectivity index (χ3v) is 4.08. The normalized spacial score (nSPS) is 12.2. The summed E-state index contributed by atoms with van der Waals surface area (Å²) in [5.41, 5.74) is 1.10. The number of thioether (sulfide) groups is 1. The lowest BCUT2D eigenvalue weighted by atomic mass is 10.1. The molecular weight excluding hydrogens is 288 g/mol. The Balaban J connectivity index is 2.80. The summed E-state index contributed by atoms with van der Waals surface area (Å²) in [7, 11) is 0. The van der Waals surface area contributed by atoms with Gasteiger partial charge in [0, 0.05) is 31.5 Å². The number of carbonyl (C=O) groups is 2. The molecule has 0 saturated heterocycles. The maximum absolute atomic E-state index is 11.2. The van der Waals surface area contributed by atoms with Crippen LogP contribution in [0, 0.1) is 0 Å². The number of rotatable bonds is 8. The first-order valence-corrected chi connectivity index (χ1v) is 8.01. The lowest BCUT2D eigenvalue weighted by Crippen LogP contribution is -2.42. The minimum absolute atomic E-state index is 0.109. The van der Waals surface area contributed by atoms with Crippen LogP contribution in [0.4, 0.5) is 0 Å². The van der Waals surface area contributed by atoms with E-state index in [1.807, 2.05) is 35.4 Å². The number of nitrogens with one attached hydrogen (secondary N) is 1. The fourth-order valence-electron chi connectivity index (χ4n) is 1.99. The highest BCUT2D eigenvalue weighted by Gasteiger charge is 2.21. The van der Waals surface area contributed by atoms with Gasteiger partial charge < -0.3 is 10.4 Å². The Morgan fingerprint density at radius 1 is 1.38 bits per heavy atom. The van der Waals surface area contributed by atoms with Gasteiger partial charge >= 0.3 is 5.97 Å². The highest BCUT2D eigenvalue weighted by molar-refractivity contribution is 7.98. The van der Waals surface area contributed by atoms with Crippen molar-refractivity contribution < 1.29 is 14.7 Å². The minimum atomic E-state index is -0.862. The molecule has 5 nitrogen and oxygen atoms in total. The lowest BCUT2D eigenvalue weighted by Gasteiger charge is -2.27. The molecule has 1 amide bonds. The van der Waals surface area contributed by atoms with Crippen LogP contribution in [0.1, 0.15) is 19.4 Å². The van der Waals surface area contributed by atoms with E-state index in [2.05, 4.69) is 5.32 Å². The van der Waals surface area contributed by atoms with Crippen LogP contribution >= 0.6 is 11.8 Å². The molecule has 0 spiro atoms. The second kappa shape index (κ2) is 8.69. The van der Waals surface area contributed by atoms with Crippen molar-refractivity contribution in [2.75, 3.05) is 19.3 Å². The van der Waals surface area contributed by atoms with Crippen molar-refractivity contribution >= 4 is 23.6 Å². The number of amides is 1. The largest absolute Gasteiger partial charge is 0.480 e. The Morgan fingerprint density at radius 2 is 2.05 bits per heavy atom. The second-order valence-electron chi connectivity index (χ2n) is 4.78. The molecular formula is C15H22N2O3S. The number of aliphatic carboxylic acids is 1. The van der Waals surface area contributed by atoms with Gasteiger partial charge in [-0.25, -0.2) is 0 Å². The molecule has 1 rings (SSSR count). The number of carboxylic acids is 1. The van der Waals surface area contributed by atoms with Crippen LogP contribution in [0.2, 0.25) is 0 Å². The molecule has 0 aliphatic heterocycles. The van der Waals surface area contributed by atoms with Gasteiger partial charge in [-0.2, -0.15) is 0 Å². The molecule has 0 radical (unpaired) electrons. The summed E-state index contributed by atoms with van der Waals surface area (Å²) < 4.78 is 0. The van der Waals surface area contributed by atoms with E-state index in [1.54, 1.807) is 18.7 Å². The van der Waals surface area contributed by atoms with Crippen LogP contribution in [-0.4, -0.2) is 47.3 Å². The van der Waals surface area contributed by atoms with Gasteiger partial charge in [-0.3, -0.25) is 14.5 Å². The first kappa shape index (κ1) is 17.5. The molecule has 6 heteroatoms. The van der Waals surface area contributed by atoms with E-state index in [4.69, 9.17) is 0 Å². The van der Waals surface area contributed by atoms with Crippen LogP contribution in [0.3, 0.4) is 0 Å². The van der Waals surface area contributed by atoms with Gasteiger partial charge in [-0.15, -0.1) is 11.8 Å². The molecule has 0 aliphatic carbocycles. The molecule has 2 N–H and O–H groups in total. The van der Waals surface area contributed by atoms with E-state index in [-0.39, 0.29) is 5.91 Å². The molecule has 21 heavy (non-hydrogen) atoms. The molecule has 0 bridgehead atoms. The molecule has 0 saturated carbocycles. The van der Waals surface area contributed by atoms with Crippen molar-refractivity contribution in [1.29, 1.82) is 0 Å². The Hall–Kier alpha value is -1.53. The van der Waals surface area contributed by atoms with Crippen LogP contribution in [0.5, 0.6) is 0 Å². The van der Waals surface area contributed by atoms with Crippen molar-refractivity contribution in [2.45, 2.75) is 31.3 Å². The third kappa shape index (κ3) is 5.77. The predicted molar refractivity (Wildman–Crippen MR) is 84.4 cm³/mol. The van der Waals surface area contributed by atoms with E-state index in [9.17, 15) is 14.7 Å². The highest BCUT2D eigenvalue weighted by atomic mass is 32.2. The fourth-order valence-corrected chi connectivity index (χ4v) is 2.60. The first-order valence-electron chi connectivity index (χ1n) is 6.79. The first-order chi connectivity index (χ1) is 9.95. The molecule has 116 valence electrons. The van der Waals surface area contributed by atoms with Crippen molar-refractivity contribution in [3.8, 4) is 0 Å². The van der Waals surface area contributed by atoms with Gasteiger partial charge in [0.1, 0.15) is 6.04 Å². The monoisotopic (exact) mass is 310 g/mol. The van der Waals surface area contributed by atoms with Gasteiger partial charge in [0.15, 0.2) is 0 Å². The summed E-state index contributed by atoms with van der Waals surface area (Å²) in [6, 6.07) is 7.35. The van der Waals surface area contributed by atoms with E-state index >= 15 is 0 Å². The van der Waals surface area contributed by atoms with Gasteiger partial charge in [0.25, 0.3) is 0 Å². The second-order valence-corrected chi connectivity index (χ2v) is 5.63. The summed E-state index contributed by atoms with van der Waals surface area (Å²) in [5.74, 6) is -0.970. The smallest absolute Gasteiger partial charge is 0.320 e. The van der Waals surface area contributed by atoms with E-state index in [0.717, 1.165) is 10.5 Å². The topological polar surface area (TPSA) is 69.6 Å². The van der Waals surface area contributed by atoms with E-state index in [0.29, 0.717) is 19.6 Å². The average Bonchev–Trinajstić information content (AvgIpc) is 2.45. The molecule has 0 heterocycles. The Bertz CT molecular complexity index is 494. The quantitative estimate of drug-likeness (QED) is 0.717. The number of benzene rings is 1. The zero-order valence-electron chi connectivity index (χ0n) is 12.6. The van der Waals surface area contributed by atoms with Crippen molar-refractivity contribution in [2.24, 2.45) is 0 Å². The molecule has 1 atom stereocenters. The number of nitrogens with zero attached hydrogens (tertiary/aromatic N) is 1. The summed E-state index contributed by atoms with van der Waals surface area (Å²) in [6.45, 7) is 4.60. The number of hydrogen-bond donors (Lipinski definition) is 2. The van der Waals surface area contributed by atoms with Gasteiger partial charge in [-0.1, -0.05) is 18.2 Å². The van der Waals surface area contributed by atoms with Crippen molar-refractivity contribution in [3.05, 3.63) is 29.8 Å². The maximum atomic E-state index is 11.2. The van der Waals surface area contributed by atoms with Crippen molar-refractivity contribution in [3.63, 3.8) is 0 Å². The summed E-state index contributed by atoms with van der Waals surface area (Å²) >= 11 is 1.64. The number of hydrogen-bond acceptors (Lipinski definition) is 4. The Labute approximate surface area is 129 Å². The molecule has 0 fully saturated rings. The fraction of sp³-hybridized carbons (Fsp3) is 0.467. The molecule has 0 aliphatic rings. The van der Waals surface area contributed by atoms with Crippen LogP contribution < -0.4 is 5.32 Å². The van der Waals surface area contributed by atoms with E-state index < -0.39 is 12.0 Å². The van der Waals surface area contributed by atoms with Crippen LogP contribution in [0.25, 0.3) is 0 Å². The number of carbonyl (C=O) groups excluding carboxylic acids is 1. The van der Waals surface area contributed by atoms with Gasteiger partial charge in [0.2, 0.25) is 5.91 Å². The molecule has 1 aromatic rings. The Morgan fingerprint density at radius 3 is 2.62 bits per heavy atom. The molecule has 1 aromatic carbocycles. The van der Waals surface area contributed by atoms with Gasteiger partial charge in [-0.05, 0) is 24.8 Å². The summed E-state index contributed by atoms with van der Waals surface area (Å²) in [4.78, 5) is 25.2. The van der Waals surface area contributed by atoms with Crippen molar-refractivity contribution in [1.82, 2.24) is 10.2 Å². The van der Waals surface area contributed by atoms with E-state index in [1.165, 1.54) is 6.92 Å². The SMILES string of the molecule is CSc1ccccc1CN(CCNC(C)=O)C(C)C(=O)O. The average molecular weight is 310 g/mol. The van der Waals surface area contributed by atoms with Crippen LogP contribution in [-0.2, 0) is 16.1 Å². The zero-order valence-corrected chi connectivity index (χ0v) is 13.4. The predicted octanol–water partition coefficient (Wildman–Crippen LogP) is 1.82. The summed E-state index contributed by atoms with van der Waals surface area (Å²) in [6.07, 6.45) is 2.00. The maximum Gasteiger partial charge on any atom is 0.320 e. The number of carboxylic acid groups (broad SMARTS) is 1. The minimum Gasteiger partial charge on any atom is -0.480 e. The van der Waals surface area contributed by atoms with Crippen LogP contribution in [0.15, 0.2) is 29.2 Å². The highest BCUT2D eigenvalue weighted by Crippen LogP contribution is 2.22. The lowest BCUT2D eigenvalue weighted by molar-refractivity contribution is -0.142. The standard InChI is InChI=1S/C15H22N2O3S/c1-11(15(19)20)17(9-8-16-12(2)18)10-13-6-4-5-7-14(13)21-3/h4-7,11H,8-10H2,1-3H3,(H,16,18)(H,19,20). The molecule has 1 unspecified atom stereocenters. The molecule has 0 aromatic heterocycles. The summed E-state index contributed by atoms with van der Waals surface area (Å²) in [5, 5.41) is 11.9. The zero-order chi connectivity index (χ0) is 15.8. The third-order valence-electron chi connectivity index (χ3n) is 3.24. The van der Waals surface area contributed by atoms with Gasteiger partial charge in [0.05, 0.1) is 0 Å².